The van der Waals surface area contributed by atoms with Crippen molar-refractivity contribution < 1.29 is 9.84 Å². The molecule has 0 spiro atoms. The number of hydrogen-bond acceptors (Lipinski definition) is 4. The molecule has 1 N–H and O–H groups in total. The van der Waals surface area contributed by atoms with Crippen LogP contribution < -0.4 is 0 Å². The Morgan fingerprint density at radius 2 is 2.38 bits per heavy atom. The van der Waals surface area contributed by atoms with Gasteiger partial charge in [0.15, 0.2) is 0 Å². The number of thiazole rings is 1. The van der Waals surface area contributed by atoms with Crippen molar-refractivity contribution in [3.05, 3.63) is 16.1 Å². The first-order chi connectivity index (χ1) is 6.03. The van der Waals surface area contributed by atoms with Gasteiger partial charge in [0.1, 0.15) is 0 Å². The molecular weight excluding hydrogens is 186 g/mol. The molecule has 0 saturated carbocycles. The lowest BCUT2D eigenvalue weighted by Crippen LogP contribution is -2.32. The molecule has 0 bridgehead atoms. The second kappa shape index (κ2) is 4.17. The highest BCUT2D eigenvalue weighted by molar-refractivity contribution is 7.09. The molecule has 1 aromatic rings. The fraction of sp³-hybridized carbons (Fsp3) is 0.667. The van der Waals surface area contributed by atoms with Crippen LogP contribution in [-0.4, -0.2) is 29.4 Å². The highest BCUT2D eigenvalue weighted by Gasteiger charge is 2.21. The zero-order valence-electron chi connectivity index (χ0n) is 8.20. The van der Waals surface area contributed by atoms with Crippen molar-refractivity contribution in [1.82, 2.24) is 4.98 Å². The number of aliphatic hydroxyl groups is 1. The Balaban J connectivity index is 2.57. The summed E-state index contributed by atoms with van der Waals surface area (Å²) >= 11 is 1.60. The molecule has 3 nitrogen and oxygen atoms in total. The third-order valence-corrected chi connectivity index (χ3v) is 2.51. The Hall–Kier alpha value is -0.450. The minimum absolute atomic E-state index is 0.337. The summed E-state index contributed by atoms with van der Waals surface area (Å²) in [5.74, 6) is 0. The molecule has 74 valence electrons. The van der Waals surface area contributed by atoms with Crippen molar-refractivity contribution in [2.45, 2.75) is 25.9 Å². The Morgan fingerprint density at radius 1 is 1.69 bits per heavy atom. The third kappa shape index (κ3) is 3.42. The predicted octanol–water partition coefficient (Wildman–Crippen LogP) is 1.39. The maximum Gasteiger partial charge on any atom is 0.0907 e. The van der Waals surface area contributed by atoms with E-state index in [0.29, 0.717) is 13.0 Å². The van der Waals surface area contributed by atoms with Gasteiger partial charge in [-0.2, -0.15) is 0 Å². The van der Waals surface area contributed by atoms with E-state index in [2.05, 4.69) is 4.98 Å². The van der Waals surface area contributed by atoms with Gasteiger partial charge in [0.05, 0.1) is 22.9 Å². The summed E-state index contributed by atoms with van der Waals surface area (Å²) in [7, 11) is 1.58. The van der Waals surface area contributed by atoms with Crippen molar-refractivity contribution in [2.75, 3.05) is 13.7 Å². The maximum absolute atomic E-state index is 9.82. The summed E-state index contributed by atoms with van der Waals surface area (Å²) in [6, 6.07) is 0. The second-order valence-corrected chi connectivity index (χ2v) is 4.53. The van der Waals surface area contributed by atoms with Crippen LogP contribution in [0.25, 0.3) is 0 Å². The lowest BCUT2D eigenvalue weighted by Gasteiger charge is -2.20. The highest BCUT2D eigenvalue weighted by Crippen LogP contribution is 2.15. The Labute approximate surface area is 82.4 Å². The van der Waals surface area contributed by atoms with E-state index in [1.54, 1.807) is 25.4 Å². The monoisotopic (exact) mass is 201 g/mol. The predicted molar refractivity (Wildman–Crippen MR) is 53.1 cm³/mol. The fourth-order valence-corrected chi connectivity index (χ4v) is 1.85. The van der Waals surface area contributed by atoms with Gasteiger partial charge in [-0.15, -0.1) is 11.3 Å². The first kappa shape index (κ1) is 10.6. The van der Waals surface area contributed by atoms with E-state index in [0.717, 1.165) is 10.7 Å². The Kier molecular flexibility index (Phi) is 3.41. The van der Waals surface area contributed by atoms with Gasteiger partial charge in [-0.1, -0.05) is 0 Å². The van der Waals surface area contributed by atoms with Gasteiger partial charge in [0.2, 0.25) is 0 Å². The molecule has 0 aliphatic heterocycles. The minimum Gasteiger partial charge on any atom is -0.387 e. The summed E-state index contributed by atoms with van der Waals surface area (Å²) in [6.45, 7) is 4.05. The fourth-order valence-electron chi connectivity index (χ4n) is 1.24. The number of aryl methyl sites for hydroxylation is 1. The normalized spacial score (nSPS) is 15.7. The van der Waals surface area contributed by atoms with Crippen molar-refractivity contribution in [2.24, 2.45) is 0 Å². The van der Waals surface area contributed by atoms with E-state index in [4.69, 9.17) is 4.74 Å². The molecule has 1 atom stereocenters. The van der Waals surface area contributed by atoms with Crippen molar-refractivity contribution in [3.63, 3.8) is 0 Å². The molecule has 0 aliphatic rings. The molecule has 0 amide bonds. The largest absolute Gasteiger partial charge is 0.387 e. The third-order valence-electron chi connectivity index (χ3n) is 1.68. The van der Waals surface area contributed by atoms with Crippen LogP contribution in [0.5, 0.6) is 0 Å². The molecule has 4 heteroatoms. The number of hydrogen-bond donors (Lipinski definition) is 1. The molecule has 1 unspecified atom stereocenters. The van der Waals surface area contributed by atoms with Crippen LogP contribution >= 0.6 is 11.3 Å². The van der Waals surface area contributed by atoms with E-state index in [-0.39, 0.29) is 0 Å². The number of methoxy groups -OCH3 is 1. The molecule has 1 aromatic heterocycles. The number of aromatic nitrogens is 1. The first-order valence-electron chi connectivity index (χ1n) is 4.16. The molecule has 0 aromatic carbocycles. The summed E-state index contributed by atoms with van der Waals surface area (Å²) < 4.78 is 4.91. The molecule has 0 saturated heterocycles. The number of nitrogens with zero attached hydrogens (tertiary/aromatic N) is 1. The molecule has 0 aliphatic carbocycles. The zero-order valence-corrected chi connectivity index (χ0v) is 9.02. The molecular formula is C9H15NO2S. The van der Waals surface area contributed by atoms with Crippen LogP contribution in [0.4, 0.5) is 0 Å². The van der Waals surface area contributed by atoms with Gasteiger partial charge in [-0.25, -0.2) is 4.98 Å². The Morgan fingerprint density at radius 3 is 2.85 bits per heavy atom. The first-order valence-corrected chi connectivity index (χ1v) is 5.04. The lowest BCUT2D eigenvalue weighted by atomic mass is 10.0. The maximum atomic E-state index is 9.82. The SMILES string of the molecule is COCC(C)(O)Cc1csc(C)n1. The summed E-state index contributed by atoms with van der Waals surface area (Å²) in [5.41, 5.74) is 0.125. The topological polar surface area (TPSA) is 42.4 Å². The van der Waals surface area contributed by atoms with Crippen LogP contribution in [0.3, 0.4) is 0 Å². The Bertz CT molecular complexity index is 270. The van der Waals surface area contributed by atoms with Gasteiger partial charge < -0.3 is 9.84 Å². The quantitative estimate of drug-likeness (QED) is 0.800. The van der Waals surface area contributed by atoms with Crippen molar-refractivity contribution in [3.8, 4) is 0 Å². The van der Waals surface area contributed by atoms with E-state index in [1.807, 2.05) is 12.3 Å². The van der Waals surface area contributed by atoms with E-state index >= 15 is 0 Å². The minimum atomic E-state index is -0.810. The summed E-state index contributed by atoms with van der Waals surface area (Å²) in [4.78, 5) is 4.28. The highest BCUT2D eigenvalue weighted by atomic mass is 32.1. The van der Waals surface area contributed by atoms with Gasteiger partial charge in [0, 0.05) is 18.9 Å². The average molecular weight is 201 g/mol. The van der Waals surface area contributed by atoms with Crippen molar-refractivity contribution >= 4 is 11.3 Å². The summed E-state index contributed by atoms with van der Waals surface area (Å²) in [6.07, 6.45) is 0.547. The standard InChI is InChI=1S/C9H15NO2S/c1-7-10-8(5-13-7)4-9(2,11)6-12-3/h5,11H,4,6H2,1-3H3. The van der Waals surface area contributed by atoms with Gasteiger partial charge >= 0.3 is 0 Å². The second-order valence-electron chi connectivity index (χ2n) is 3.46. The summed E-state index contributed by atoms with van der Waals surface area (Å²) in [5, 5.41) is 12.8. The van der Waals surface area contributed by atoms with Gasteiger partial charge in [0.25, 0.3) is 0 Å². The molecule has 13 heavy (non-hydrogen) atoms. The van der Waals surface area contributed by atoms with E-state index in [9.17, 15) is 5.11 Å². The van der Waals surface area contributed by atoms with E-state index in [1.165, 1.54) is 0 Å². The van der Waals surface area contributed by atoms with Crippen LogP contribution in [0.2, 0.25) is 0 Å². The van der Waals surface area contributed by atoms with Crippen LogP contribution in [0.15, 0.2) is 5.38 Å². The zero-order chi connectivity index (χ0) is 9.90. The smallest absolute Gasteiger partial charge is 0.0907 e. The molecule has 1 heterocycles. The molecule has 1 rings (SSSR count). The van der Waals surface area contributed by atoms with Crippen LogP contribution in [0.1, 0.15) is 17.6 Å². The molecule has 0 fully saturated rings. The van der Waals surface area contributed by atoms with Crippen LogP contribution in [-0.2, 0) is 11.2 Å². The number of ether oxygens (including phenoxy) is 1. The molecule has 0 radical (unpaired) electrons. The van der Waals surface area contributed by atoms with E-state index < -0.39 is 5.60 Å². The number of rotatable bonds is 4. The average Bonchev–Trinajstić information content (AvgIpc) is 2.34. The lowest BCUT2D eigenvalue weighted by molar-refractivity contribution is -0.0166. The van der Waals surface area contributed by atoms with Crippen LogP contribution in [0, 0.1) is 6.92 Å². The van der Waals surface area contributed by atoms with Crippen molar-refractivity contribution in [1.29, 1.82) is 0 Å². The van der Waals surface area contributed by atoms with Gasteiger partial charge in [-0.05, 0) is 13.8 Å². The van der Waals surface area contributed by atoms with Gasteiger partial charge in [-0.3, -0.25) is 0 Å².